The monoisotopic (exact) mass is 493 g/mol. The molecular weight excluding hydrogens is 469 g/mol. The highest BCUT2D eigenvalue weighted by molar-refractivity contribution is 7.45. The number of benzene rings is 4. The first-order valence-electron chi connectivity index (χ1n) is 12.6. The average Bonchev–Trinajstić information content (AvgIpc) is 2.92. The molecule has 0 radical (unpaired) electrons. The third-order valence-electron chi connectivity index (χ3n) is 7.66. The van der Waals surface area contributed by atoms with Crippen LogP contribution in [0.2, 0.25) is 0 Å². The van der Waals surface area contributed by atoms with Crippen molar-refractivity contribution in [2.24, 2.45) is 0 Å². The smallest absolute Gasteiger partial charge is 0.384 e. The van der Waals surface area contributed by atoms with Crippen LogP contribution in [-0.2, 0) is 5.41 Å². The van der Waals surface area contributed by atoms with Gasteiger partial charge in [-0.3, -0.25) is 0 Å². The number of rotatable bonds is 1. The molecule has 5 nitrogen and oxygen atoms in total. The van der Waals surface area contributed by atoms with Crippen LogP contribution in [0, 0.1) is 0 Å². The molecule has 1 saturated heterocycles. The van der Waals surface area contributed by atoms with Gasteiger partial charge in [0.1, 0.15) is 34.5 Å². The number of para-hydroxylation sites is 2. The maximum atomic E-state index is 6.85. The first-order chi connectivity index (χ1) is 17.8. The Bertz CT molecular complexity index is 1410. The quantitative estimate of drug-likeness (QED) is 0.219. The van der Waals surface area contributed by atoms with Crippen molar-refractivity contribution in [1.29, 1.82) is 0 Å². The second kappa shape index (κ2) is 7.73. The van der Waals surface area contributed by atoms with Crippen molar-refractivity contribution >= 4 is 8.53 Å². The van der Waals surface area contributed by atoms with Crippen molar-refractivity contribution in [2.45, 2.75) is 24.7 Å². The van der Waals surface area contributed by atoms with E-state index in [2.05, 4.69) is 41.1 Å². The van der Waals surface area contributed by atoms with E-state index in [1.54, 1.807) is 0 Å². The summed E-state index contributed by atoms with van der Waals surface area (Å²) in [6, 6.07) is 28.8. The van der Waals surface area contributed by atoms with Crippen molar-refractivity contribution in [2.75, 3.05) is 13.1 Å². The van der Waals surface area contributed by atoms with E-state index in [4.69, 9.17) is 18.5 Å². The van der Waals surface area contributed by atoms with Crippen molar-refractivity contribution < 1.29 is 18.5 Å². The molecule has 0 bridgehead atoms. The number of hydrogen-bond acceptors (Lipinski definition) is 5. The number of hydrogen-bond donors (Lipinski definition) is 0. The normalized spacial score (nSPS) is 18.9. The lowest BCUT2D eigenvalue weighted by Crippen LogP contribution is -2.39. The lowest BCUT2D eigenvalue weighted by molar-refractivity contribution is 0.298. The van der Waals surface area contributed by atoms with Crippen LogP contribution in [0.5, 0.6) is 34.5 Å². The number of fused-ring (bicyclic) bond motifs is 2. The highest BCUT2D eigenvalue weighted by Crippen LogP contribution is 2.67. The highest BCUT2D eigenvalue weighted by atomic mass is 31.2. The van der Waals surface area contributed by atoms with E-state index in [9.17, 15) is 0 Å². The summed E-state index contributed by atoms with van der Waals surface area (Å²) in [7, 11) is -1.35. The molecule has 0 aliphatic carbocycles. The SMILES string of the molecule is c1ccc2c(c1)Oc1cccc3c1C21c2ccccc2Oc2cccc(c21)OP(N1CCCCC1)O3. The third kappa shape index (κ3) is 2.73. The summed E-state index contributed by atoms with van der Waals surface area (Å²) >= 11 is 0. The zero-order chi connectivity index (χ0) is 23.7. The summed E-state index contributed by atoms with van der Waals surface area (Å²) in [6.07, 6.45) is 3.56. The Kier molecular flexibility index (Phi) is 4.43. The Balaban J connectivity index is 1.50. The number of ether oxygens (including phenoxy) is 2. The molecule has 4 aromatic carbocycles. The summed E-state index contributed by atoms with van der Waals surface area (Å²) in [5.41, 5.74) is 3.45. The van der Waals surface area contributed by atoms with E-state index in [0.717, 1.165) is 82.7 Å². The summed E-state index contributed by atoms with van der Waals surface area (Å²) < 4.78 is 29.2. The van der Waals surface area contributed by atoms with Gasteiger partial charge >= 0.3 is 8.53 Å². The standard InChI is InChI=1S/C30H24NO4P/c1-6-18-31(19-7-1)36-34-26-16-8-14-24-28(26)30(20-10-2-4-12-22(20)32-24)21-11-3-5-13-23(21)33-25-15-9-17-27(35-36)29(25)30/h2-5,8-17H,1,6-7,18-19H2. The molecule has 178 valence electrons. The number of piperidine rings is 1. The molecule has 4 heterocycles. The summed E-state index contributed by atoms with van der Waals surface area (Å²) in [4.78, 5) is 0. The first-order valence-corrected chi connectivity index (χ1v) is 13.7. The van der Waals surface area contributed by atoms with E-state index in [-0.39, 0.29) is 0 Å². The lowest BCUT2D eigenvalue weighted by Gasteiger charge is -2.47. The molecule has 36 heavy (non-hydrogen) atoms. The molecule has 1 spiro atoms. The van der Waals surface area contributed by atoms with Gasteiger partial charge in [0.05, 0.1) is 16.5 Å². The van der Waals surface area contributed by atoms with Crippen molar-refractivity contribution in [1.82, 2.24) is 4.67 Å². The van der Waals surface area contributed by atoms with Crippen LogP contribution in [0.3, 0.4) is 0 Å². The van der Waals surface area contributed by atoms with E-state index in [1.807, 2.05) is 48.5 Å². The largest absolute Gasteiger partial charge is 0.457 e. The zero-order valence-corrected chi connectivity index (χ0v) is 20.5. The fourth-order valence-electron chi connectivity index (χ4n) is 6.20. The van der Waals surface area contributed by atoms with Crippen LogP contribution < -0.4 is 18.5 Å². The molecule has 4 aliphatic rings. The maximum Gasteiger partial charge on any atom is 0.384 e. The molecule has 0 saturated carbocycles. The second-order valence-corrected chi connectivity index (χ2v) is 11.0. The molecule has 8 rings (SSSR count). The summed E-state index contributed by atoms with van der Waals surface area (Å²) in [5, 5.41) is 0. The predicted octanol–water partition coefficient (Wildman–Crippen LogP) is 7.76. The van der Waals surface area contributed by atoms with Gasteiger partial charge < -0.3 is 18.5 Å². The molecule has 4 aliphatic heterocycles. The minimum Gasteiger partial charge on any atom is -0.457 e. The average molecular weight is 493 g/mol. The van der Waals surface area contributed by atoms with Crippen LogP contribution in [0.15, 0.2) is 84.9 Å². The van der Waals surface area contributed by atoms with E-state index in [1.165, 1.54) is 6.42 Å². The van der Waals surface area contributed by atoms with Crippen LogP contribution >= 0.6 is 8.53 Å². The fraction of sp³-hybridized carbons (Fsp3) is 0.200. The Labute approximate surface area is 211 Å². The minimum absolute atomic E-state index is 0.704. The maximum absolute atomic E-state index is 6.85. The van der Waals surface area contributed by atoms with Gasteiger partial charge in [-0.2, -0.15) is 0 Å². The first kappa shape index (κ1) is 20.6. The van der Waals surface area contributed by atoms with E-state index < -0.39 is 13.9 Å². The van der Waals surface area contributed by atoms with Crippen LogP contribution in [0.4, 0.5) is 0 Å². The minimum atomic E-state index is -1.35. The molecule has 6 heteroatoms. The zero-order valence-electron chi connectivity index (χ0n) is 19.6. The molecular formula is C30H24NO4P. The van der Waals surface area contributed by atoms with Gasteiger partial charge in [0, 0.05) is 24.2 Å². The van der Waals surface area contributed by atoms with Gasteiger partial charge in [-0.1, -0.05) is 55.0 Å². The van der Waals surface area contributed by atoms with Crippen molar-refractivity contribution in [3.63, 3.8) is 0 Å². The van der Waals surface area contributed by atoms with Crippen LogP contribution in [-0.4, -0.2) is 17.8 Å². The van der Waals surface area contributed by atoms with Crippen molar-refractivity contribution in [3.8, 4) is 34.5 Å². The van der Waals surface area contributed by atoms with Gasteiger partial charge in [0.2, 0.25) is 0 Å². The van der Waals surface area contributed by atoms with Crippen LogP contribution in [0.25, 0.3) is 0 Å². The third-order valence-corrected chi connectivity index (χ3v) is 9.23. The Morgan fingerprint density at radius 2 is 1.00 bits per heavy atom. The Morgan fingerprint density at radius 3 is 1.56 bits per heavy atom. The molecule has 0 unspecified atom stereocenters. The van der Waals surface area contributed by atoms with E-state index >= 15 is 0 Å². The lowest BCUT2D eigenvalue weighted by atomic mass is 9.62. The van der Waals surface area contributed by atoms with Crippen LogP contribution in [0.1, 0.15) is 41.5 Å². The second-order valence-electron chi connectivity index (χ2n) is 9.64. The van der Waals surface area contributed by atoms with Gasteiger partial charge in [-0.25, -0.2) is 4.67 Å². The van der Waals surface area contributed by atoms with Crippen molar-refractivity contribution in [3.05, 3.63) is 107 Å². The van der Waals surface area contributed by atoms with Gasteiger partial charge in [0.15, 0.2) is 0 Å². The Hall–Kier alpha value is -3.53. The highest BCUT2D eigenvalue weighted by Gasteiger charge is 2.55. The van der Waals surface area contributed by atoms with Gasteiger partial charge in [-0.15, -0.1) is 0 Å². The predicted molar refractivity (Wildman–Crippen MR) is 138 cm³/mol. The number of nitrogens with zero attached hydrogens (tertiary/aromatic N) is 1. The van der Waals surface area contributed by atoms with Gasteiger partial charge in [-0.05, 0) is 49.2 Å². The molecule has 0 N–H and O–H groups in total. The molecule has 0 amide bonds. The Morgan fingerprint density at radius 1 is 0.528 bits per heavy atom. The molecule has 0 atom stereocenters. The molecule has 4 aromatic rings. The van der Waals surface area contributed by atoms with E-state index in [0.29, 0.717) is 0 Å². The molecule has 1 fully saturated rings. The molecule has 0 aromatic heterocycles. The summed E-state index contributed by atoms with van der Waals surface area (Å²) in [5.74, 6) is 4.88. The van der Waals surface area contributed by atoms with Gasteiger partial charge in [0.25, 0.3) is 0 Å². The summed E-state index contributed by atoms with van der Waals surface area (Å²) in [6.45, 7) is 1.94. The topological polar surface area (TPSA) is 40.2 Å². The fourth-order valence-corrected chi connectivity index (χ4v) is 7.72.